The maximum absolute atomic E-state index is 10.1. The number of quaternary nitrogens is 1. The summed E-state index contributed by atoms with van der Waals surface area (Å²) in [5.74, 6) is 0. The van der Waals surface area contributed by atoms with Gasteiger partial charge in [0.1, 0.15) is 25.3 Å². The highest BCUT2D eigenvalue weighted by molar-refractivity contribution is 6.82. The minimum atomic E-state index is -1.11. The fourth-order valence-electron chi connectivity index (χ4n) is 3.04. The zero-order chi connectivity index (χ0) is 19.7. The van der Waals surface area contributed by atoms with E-state index in [1.807, 2.05) is 14.1 Å². The van der Waals surface area contributed by atoms with Gasteiger partial charge in [-0.2, -0.15) is 0 Å². The first-order valence-corrected chi connectivity index (χ1v) is 16.8. The normalized spacial score (nSPS) is 16.1. The maximum Gasteiger partial charge on any atom is 0.126 e. The van der Waals surface area contributed by atoms with Crippen LogP contribution in [0.4, 0.5) is 0 Å². The van der Waals surface area contributed by atoms with E-state index in [4.69, 9.17) is 9.84 Å². The zero-order valence-corrected chi connectivity index (χ0v) is 19.7. The Balaban J connectivity index is 3.93. The summed E-state index contributed by atoms with van der Waals surface area (Å²) < 4.78 is 6.13. The first kappa shape index (κ1) is 25.2. The van der Waals surface area contributed by atoms with Crippen LogP contribution in [0, 0.1) is 0 Å². The predicted octanol–water partition coefficient (Wildman–Crippen LogP) is 2.23. The molecule has 0 aromatic rings. The Morgan fingerprint density at radius 2 is 1.44 bits per heavy atom. The highest BCUT2D eigenvalue weighted by Gasteiger charge is 2.25. The Morgan fingerprint density at radius 1 is 0.880 bits per heavy atom. The summed E-state index contributed by atoms with van der Waals surface area (Å²) in [6.07, 6.45) is -0.205. The Morgan fingerprint density at radius 3 is 1.96 bits per heavy atom. The number of aliphatic hydroxyl groups excluding tert-OH is 3. The molecule has 152 valence electrons. The van der Waals surface area contributed by atoms with E-state index in [1.165, 1.54) is 18.1 Å². The van der Waals surface area contributed by atoms with Gasteiger partial charge in [0.25, 0.3) is 0 Å². The number of rotatable bonds is 14. The SMILES string of the molecule is C[N+](C)(CC(O)CO)CC(O)COCCC[Si](C)(C)CC[Si](C)(C)C. The molecule has 0 fully saturated rings. The lowest BCUT2D eigenvalue weighted by molar-refractivity contribution is -0.896. The summed E-state index contributed by atoms with van der Waals surface area (Å²) in [7, 11) is 1.83. The Kier molecular flexibility index (Phi) is 11.3. The van der Waals surface area contributed by atoms with Crippen molar-refractivity contribution in [3.63, 3.8) is 0 Å². The lowest BCUT2D eigenvalue weighted by Gasteiger charge is -2.33. The van der Waals surface area contributed by atoms with Crippen molar-refractivity contribution in [2.75, 3.05) is 47.0 Å². The molecule has 0 saturated heterocycles. The van der Waals surface area contributed by atoms with Crippen LogP contribution in [0.1, 0.15) is 6.42 Å². The largest absolute Gasteiger partial charge is 0.393 e. The Bertz CT molecular complexity index is 359. The smallest absolute Gasteiger partial charge is 0.126 e. The first-order valence-electron chi connectivity index (χ1n) is 9.63. The van der Waals surface area contributed by atoms with Crippen LogP contribution in [0.2, 0.25) is 50.9 Å². The fraction of sp³-hybridized carbons (Fsp3) is 1.00. The van der Waals surface area contributed by atoms with Gasteiger partial charge in [0.2, 0.25) is 0 Å². The van der Waals surface area contributed by atoms with Crippen molar-refractivity contribution in [2.24, 2.45) is 0 Å². The van der Waals surface area contributed by atoms with Crippen molar-refractivity contribution in [3.05, 3.63) is 0 Å². The molecule has 0 rings (SSSR count). The van der Waals surface area contributed by atoms with Crippen LogP contribution < -0.4 is 0 Å². The second-order valence-electron chi connectivity index (χ2n) is 10.2. The van der Waals surface area contributed by atoms with Gasteiger partial charge in [0.05, 0.1) is 27.3 Å². The van der Waals surface area contributed by atoms with Crippen LogP contribution in [-0.4, -0.2) is 95.2 Å². The monoisotopic (exact) mass is 394 g/mol. The summed E-state index contributed by atoms with van der Waals surface area (Å²) in [6.45, 7) is 14.0. The molecular weight excluding hydrogens is 350 g/mol. The number of likely N-dealkylation sites (N-methyl/N-ethyl adjacent to an activating group) is 1. The molecule has 0 aliphatic heterocycles. The van der Waals surface area contributed by atoms with E-state index in [0.717, 1.165) is 6.42 Å². The molecule has 0 aliphatic rings. The van der Waals surface area contributed by atoms with Gasteiger partial charge >= 0.3 is 0 Å². The van der Waals surface area contributed by atoms with Crippen molar-refractivity contribution < 1.29 is 24.5 Å². The van der Waals surface area contributed by atoms with Crippen LogP contribution in [0.3, 0.4) is 0 Å². The molecule has 5 nitrogen and oxygen atoms in total. The van der Waals surface area contributed by atoms with E-state index in [-0.39, 0.29) is 6.61 Å². The van der Waals surface area contributed by atoms with Gasteiger partial charge in [-0.15, -0.1) is 0 Å². The quantitative estimate of drug-likeness (QED) is 0.240. The summed E-state index contributed by atoms with van der Waals surface area (Å²) in [5, 5.41) is 28.6. The predicted molar refractivity (Wildman–Crippen MR) is 112 cm³/mol. The molecule has 0 aromatic carbocycles. The molecule has 25 heavy (non-hydrogen) atoms. The zero-order valence-electron chi connectivity index (χ0n) is 17.7. The summed E-state index contributed by atoms with van der Waals surface area (Å²) in [6, 6.07) is 4.14. The lowest BCUT2D eigenvalue weighted by Crippen LogP contribution is -2.51. The van der Waals surface area contributed by atoms with Gasteiger partial charge < -0.3 is 24.5 Å². The minimum absolute atomic E-state index is 0.244. The molecule has 0 radical (unpaired) electrons. The maximum atomic E-state index is 10.1. The molecule has 0 amide bonds. The molecule has 7 heteroatoms. The fourth-order valence-corrected chi connectivity index (χ4v) is 10.1. The number of hydrogen-bond acceptors (Lipinski definition) is 4. The van der Waals surface area contributed by atoms with Gasteiger partial charge in [-0.3, -0.25) is 0 Å². The van der Waals surface area contributed by atoms with Crippen molar-refractivity contribution in [2.45, 2.75) is 69.5 Å². The average Bonchev–Trinajstić information content (AvgIpc) is 2.43. The lowest BCUT2D eigenvalue weighted by atomic mass is 10.2. The van der Waals surface area contributed by atoms with Crippen molar-refractivity contribution in [3.8, 4) is 0 Å². The second-order valence-corrected chi connectivity index (χ2v) is 21.1. The van der Waals surface area contributed by atoms with Gasteiger partial charge in [0, 0.05) is 22.8 Å². The summed E-state index contributed by atoms with van der Waals surface area (Å²) in [5.41, 5.74) is 0. The molecule has 0 spiro atoms. The number of hydrogen-bond donors (Lipinski definition) is 3. The van der Waals surface area contributed by atoms with Gasteiger partial charge in [0.15, 0.2) is 0 Å². The molecule has 2 atom stereocenters. The minimum Gasteiger partial charge on any atom is -0.393 e. The molecular formula is C18H44NO4Si2+. The molecule has 0 saturated carbocycles. The molecule has 0 heterocycles. The van der Waals surface area contributed by atoms with Crippen LogP contribution in [0.5, 0.6) is 0 Å². The van der Waals surface area contributed by atoms with Crippen LogP contribution in [0.15, 0.2) is 0 Å². The summed E-state index contributed by atoms with van der Waals surface area (Å²) in [4.78, 5) is 0. The Labute approximate surface area is 157 Å². The topological polar surface area (TPSA) is 69.9 Å². The van der Waals surface area contributed by atoms with E-state index in [2.05, 4.69) is 32.7 Å². The third kappa shape index (κ3) is 15.0. The van der Waals surface area contributed by atoms with Crippen molar-refractivity contribution in [1.29, 1.82) is 0 Å². The van der Waals surface area contributed by atoms with Crippen LogP contribution in [0.25, 0.3) is 0 Å². The van der Waals surface area contributed by atoms with E-state index in [1.54, 1.807) is 0 Å². The van der Waals surface area contributed by atoms with Gasteiger partial charge in [-0.05, 0) is 6.42 Å². The van der Waals surface area contributed by atoms with E-state index in [0.29, 0.717) is 30.8 Å². The first-order chi connectivity index (χ1) is 11.3. The van der Waals surface area contributed by atoms with E-state index < -0.39 is 28.4 Å². The molecule has 0 aliphatic carbocycles. The Hall–Kier alpha value is 0.234. The highest BCUT2D eigenvalue weighted by Crippen LogP contribution is 2.24. The number of aliphatic hydroxyl groups is 3. The standard InChI is InChI=1S/C18H44NO4Si2/c1-19(2,13-17(21)15-20)14-18(22)16-23-9-8-10-25(6,7)12-11-24(3,4)5/h17-18,20-22H,8-16H2,1-7H3/q+1. The molecule has 0 bridgehead atoms. The average molecular weight is 395 g/mol. The molecule has 2 unspecified atom stereocenters. The van der Waals surface area contributed by atoms with Crippen LogP contribution in [-0.2, 0) is 4.74 Å². The van der Waals surface area contributed by atoms with E-state index >= 15 is 0 Å². The van der Waals surface area contributed by atoms with E-state index in [9.17, 15) is 10.2 Å². The number of ether oxygens (including phenoxy) is 1. The van der Waals surface area contributed by atoms with Gasteiger partial charge in [-0.1, -0.05) is 50.9 Å². The number of nitrogens with zero attached hydrogens (tertiary/aromatic N) is 1. The third-order valence-corrected chi connectivity index (χ3v) is 10.2. The molecule has 3 N–H and O–H groups in total. The van der Waals surface area contributed by atoms with Crippen molar-refractivity contribution >= 4 is 16.1 Å². The van der Waals surface area contributed by atoms with Gasteiger partial charge in [-0.25, -0.2) is 0 Å². The third-order valence-electron chi connectivity index (χ3n) is 4.62. The highest BCUT2D eigenvalue weighted by atomic mass is 28.3. The summed E-state index contributed by atoms with van der Waals surface area (Å²) >= 11 is 0. The second kappa shape index (κ2) is 11.2. The molecule has 0 aromatic heterocycles. The van der Waals surface area contributed by atoms with Crippen molar-refractivity contribution in [1.82, 2.24) is 0 Å². The van der Waals surface area contributed by atoms with Crippen LogP contribution >= 0.6 is 0 Å².